The molecule has 0 radical (unpaired) electrons. The first-order chi connectivity index (χ1) is 14.3. The minimum atomic E-state index is -0.272. The maximum absolute atomic E-state index is 15.0. The van der Waals surface area contributed by atoms with E-state index in [0.29, 0.717) is 47.7 Å². The lowest BCUT2D eigenvalue weighted by Gasteiger charge is -2.26. The Morgan fingerprint density at radius 3 is 2.57 bits per heavy atom. The highest BCUT2D eigenvalue weighted by atomic mass is 19.1. The van der Waals surface area contributed by atoms with Gasteiger partial charge in [-0.25, -0.2) is 9.37 Å². The van der Waals surface area contributed by atoms with Gasteiger partial charge in [-0.1, -0.05) is 46.6 Å². The Bertz CT molecular complexity index is 879. The highest BCUT2D eigenvalue weighted by Gasteiger charge is 2.23. The van der Waals surface area contributed by atoms with E-state index in [1.807, 2.05) is 26.0 Å². The quantitative estimate of drug-likeness (QED) is 0.639. The van der Waals surface area contributed by atoms with Gasteiger partial charge in [0.05, 0.1) is 11.4 Å². The number of hydrogen-bond acceptors (Lipinski definition) is 2. The van der Waals surface area contributed by atoms with E-state index in [9.17, 15) is 9.18 Å². The van der Waals surface area contributed by atoms with Gasteiger partial charge in [0, 0.05) is 13.0 Å². The van der Waals surface area contributed by atoms with E-state index >= 15 is 0 Å². The van der Waals surface area contributed by atoms with Crippen molar-refractivity contribution in [3.8, 4) is 5.69 Å². The molecule has 164 valence electrons. The van der Waals surface area contributed by atoms with Crippen LogP contribution in [-0.2, 0) is 12.8 Å². The molecule has 1 saturated carbocycles. The van der Waals surface area contributed by atoms with Crippen LogP contribution in [0, 0.1) is 30.5 Å². The second kappa shape index (κ2) is 9.76. The second-order valence-electron chi connectivity index (χ2n) is 9.37. The topological polar surface area (TPSA) is 46.9 Å². The summed E-state index contributed by atoms with van der Waals surface area (Å²) < 4.78 is 16.8. The molecule has 1 aliphatic carbocycles. The monoisotopic (exact) mass is 413 g/mol. The largest absolute Gasteiger partial charge is 0.350 e. The Morgan fingerprint density at radius 2 is 1.97 bits per heavy atom. The van der Waals surface area contributed by atoms with E-state index in [2.05, 4.69) is 31.1 Å². The van der Waals surface area contributed by atoms with Crippen LogP contribution in [0.2, 0.25) is 0 Å². The lowest BCUT2D eigenvalue weighted by atomic mass is 9.83. The number of benzene rings is 1. The molecule has 5 heteroatoms. The average Bonchev–Trinajstić information content (AvgIpc) is 3.03. The van der Waals surface area contributed by atoms with Gasteiger partial charge in [-0.05, 0) is 61.6 Å². The molecule has 2 aromatic rings. The van der Waals surface area contributed by atoms with Crippen LogP contribution in [0.25, 0.3) is 5.69 Å². The van der Waals surface area contributed by atoms with Gasteiger partial charge in [0.1, 0.15) is 17.3 Å². The SMILES string of the molecule is CCc1nc(C(=O)NCC2CCC(C)CC2)c(C)n1-c1ccc(CC(C)C)cc1F. The first kappa shape index (κ1) is 22.5. The van der Waals surface area contributed by atoms with Crippen LogP contribution in [0.4, 0.5) is 4.39 Å². The third-order valence-corrected chi connectivity index (χ3v) is 6.29. The molecule has 1 fully saturated rings. The Kier molecular flexibility index (Phi) is 7.32. The van der Waals surface area contributed by atoms with Crippen molar-refractivity contribution in [3.63, 3.8) is 0 Å². The normalized spacial score (nSPS) is 19.3. The summed E-state index contributed by atoms with van der Waals surface area (Å²) in [6.07, 6.45) is 6.28. The minimum absolute atomic E-state index is 0.156. The van der Waals surface area contributed by atoms with E-state index < -0.39 is 0 Å². The number of aromatic nitrogens is 2. The lowest BCUT2D eigenvalue weighted by molar-refractivity contribution is 0.0936. The maximum atomic E-state index is 15.0. The molecule has 30 heavy (non-hydrogen) atoms. The van der Waals surface area contributed by atoms with Gasteiger partial charge >= 0.3 is 0 Å². The van der Waals surface area contributed by atoms with Gasteiger partial charge in [-0.3, -0.25) is 9.36 Å². The molecular formula is C25H36FN3O. The van der Waals surface area contributed by atoms with Crippen LogP contribution < -0.4 is 5.32 Å². The second-order valence-corrected chi connectivity index (χ2v) is 9.37. The summed E-state index contributed by atoms with van der Waals surface area (Å²) in [6, 6.07) is 5.39. The Labute approximate surface area is 180 Å². The molecule has 3 rings (SSSR count). The van der Waals surface area contributed by atoms with E-state index in [1.165, 1.54) is 25.7 Å². The lowest BCUT2D eigenvalue weighted by Crippen LogP contribution is -2.31. The fraction of sp³-hybridized carbons (Fsp3) is 0.600. The summed E-state index contributed by atoms with van der Waals surface area (Å²) in [6.45, 7) is 11.1. The van der Waals surface area contributed by atoms with Crippen molar-refractivity contribution >= 4 is 5.91 Å². The van der Waals surface area contributed by atoms with Crippen LogP contribution in [0.15, 0.2) is 18.2 Å². The summed E-state index contributed by atoms with van der Waals surface area (Å²) >= 11 is 0. The summed E-state index contributed by atoms with van der Waals surface area (Å²) in [7, 11) is 0. The molecule has 0 atom stereocenters. The number of carbonyl (C=O) groups is 1. The van der Waals surface area contributed by atoms with E-state index in [-0.39, 0.29) is 11.7 Å². The zero-order valence-corrected chi connectivity index (χ0v) is 19.1. The molecule has 1 aromatic carbocycles. The first-order valence-electron chi connectivity index (χ1n) is 11.4. The third kappa shape index (κ3) is 5.11. The molecule has 0 unspecified atom stereocenters. The van der Waals surface area contributed by atoms with Crippen LogP contribution in [0.1, 0.15) is 80.9 Å². The maximum Gasteiger partial charge on any atom is 0.271 e. The van der Waals surface area contributed by atoms with E-state index in [1.54, 1.807) is 10.6 Å². The van der Waals surface area contributed by atoms with Gasteiger partial charge in [-0.2, -0.15) is 0 Å². The average molecular weight is 414 g/mol. The van der Waals surface area contributed by atoms with Crippen molar-refractivity contribution < 1.29 is 9.18 Å². The number of carbonyl (C=O) groups excluding carboxylic acids is 1. The molecule has 1 amide bonds. The summed E-state index contributed by atoms with van der Waals surface area (Å²) in [5.74, 6) is 2.09. The van der Waals surface area contributed by atoms with Gasteiger partial charge < -0.3 is 5.32 Å². The molecule has 0 bridgehead atoms. The molecule has 0 spiro atoms. The minimum Gasteiger partial charge on any atom is -0.350 e. The molecule has 1 heterocycles. The Morgan fingerprint density at radius 1 is 1.27 bits per heavy atom. The van der Waals surface area contributed by atoms with Crippen LogP contribution in [0.5, 0.6) is 0 Å². The van der Waals surface area contributed by atoms with Crippen molar-refractivity contribution in [3.05, 3.63) is 46.8 Å². The molecular weight excluding hydrogens is 377 g/mol. The highest BCUT2D eigenvalue weighted by Crippen LogP contribution is 2.28. The van der Waals surface area contributed by atoms with Crippen molar-refractivity contribution in [1.29, 1.82) is 0 Å². The standard InChI is InChI=1S/C25H36FN3O/c1-6-23-28-24(25(30)27-15-19-9-7-17(4)8-10-19)18(5)29(23)22-12-11-20(13-16(2)3)14-21(22)26/h11-12,14,16-17,19H,6-10,13,15H2,1-5H3,(H,27,30). The number of nitrogens with zero attached hydrogens (tertiary/aromatic N) is 2. The van der Waals surface area contributed by atoms with Gasteiger partial charge in [-0.15, -0.1) is 0 Å². The Balaban J connectivity index is 1.80. The number of imidazole rings is 1. The number of hydrogen-bond donors (Lipinski definition) is 1. The molecule has 0 aliphatic heterocycles. The third-order valence-electron chi connectivity index (χ3n) is 6.29. The number of nitrogens with one attached hydrogen (secondary N) is 1. The fourth-order valence-corrected chi connectivity index (χ4v) is 4.52. The molecule has 1 aliphatic rings. The Hall–Kier alpha value is -2.17. The van der Waals surface area contributed by atoms with E-state index in [0.717, 1.165) is 17.9 Å². The van der Waals surface area contributed by atoms with Crippen LogP contribution >= 0.6 is 0 Å². The van der Waals surface area contributed by atoms with Crippen LogP contribution in [0.3, 0.4) is 0 Å². The van der Waals surface area contributed by atoms with Crippen molar-refractivity contribution in [2.24, 2.45) is 17.8 Å². The molecule has 1 aromatic heterocycles. The highest BCUT2D eigenvalue weighted by molar-refractivity contribution is 5.93. The summed E-state index contributed by atoms with van der Waals surface area (Å²) in [4.78, 5) is 17.4. The van der Waals surface area contributed by atoms with Crippen LogP contribution in [-0.4, -0.2) is 22.0 Å². The van der Waals surface area contributed by atoms with Crippen molar-refractivity contribution in [2.45, 2.75) is 73.1 Å². The fourth-order valence-electron chi connectivity index (χ4n) is 4.52. The predicted molar refractivity (Wildman–Crippen MR) is 120 cm³/mol. The van der Waals surface area contributed by atoms with Gasteiger partial charge in [0.15, 0.2) is 0 Å². The number of aryl methyl sites for hydroxylation is 1. The number of halogens is 1. The van der Waals surface area contributed by atoms with Gasteiger partial charge in [0.25, 0.3) is 5.91 Å². The van der Waals surface area contributed by atoms with Gasteiger partial charge in [0.2, 0.25) is 0 Å². The van der Waals surface area contributed by atoms with Crippen molar-refractivity contribution in [1.82, 2.24) is 14.9 Å². The molecule has 1 N–H and O–H groups in total. The van der Waals surface area contributed by atoms with Crippen molar-refractivity contribution in [2.75, 3.05) is 6.54 Å². The molecule has 0 saturated heterocycles. The summed E-state index contributed by atoms with van der Waals surface area (Å²) in [5, 5.41) is 3.08. The predicted octanol–water partition coefficient (Wildman–Crippen LogP) is 5.64. The zero-order valence-electron chi connectivity index (χ0n) is 19.1. The number of rotatable bonds is 7. The smallest absolute Gasteiger partial charge is 0.271 e. The van der Waals surface area contributed by atoms with E-state index in [4.69, 9.17) is 0 Å². The zero-order chi connectivity index (χ0) is 21.8. The molecule has 4 nitrogen and oxygen atoms in total. The summed E-state index contributed by atoms with van der Waals surface area (Å²) in [5.41, 5.74) is 2.55. The first-order valence-corrected chi connectivity index (χ1v) is 11.4. The number of amides is 1.